The van der Waals surface area contributed by atoms with Gasteiger partial charge in [0.2, 0.25) is 0 Å². The summed E-state index contributed by atoms with van der Waals surface area (Å²) in [7, 11) is -5.13. The van der Waals surface area contributed by atoms with Crippen molar-refractivity contribution < 1.29 is 63.1 Å². The van der Waals surface area contributed by atoms with Crippen molar-refractivity contribution in [1.82, 2.24) is 0 Å². The lowest BCUT2D eigenvalue weighted by molar-refractivity contribution is -0.220. The molecule has 0 spiro atoms. The molecule has 0 bridgehead atoms. The van der Waals surface area contributed by atoms with Crippen LogP contribution in [-0.2, 0) is 32.7 Å². The van der Waals surface area contributed by atoms with E-state index in [4.69, 9.17) is 18.5 Å². The minimum absolute atomic E-state index is 0.0932. The Hall–Kier alpha value is -1.67. The van der Waals surface area contributed by atoms with Crippen LogP contribution in [0.25, 0.3) is 0 Å². The zero-order chi connectivity index (χ0) is 47.8. The zero-order valence-corrected chi connectivity index (χ0v) is 41.7. The van der Waals surface area contributed by atoms with E-state index in [-0.39, 0.29) is 12.8 Å². The Balaban J connectivity index is 2.41. The number of hydrogen-bond acceptors (Lipinski definition) is 12. The standard InChI is InChI=1S/C51H95O13P/c1-3-5-7-9-11-13-15-17-19-21-22-24-26-28-30-32-34-36-38-40-45(53)63-43(42-62-65(59,60)64-51-49(57)47(55)46(54)48(56)50(51)58)41-61-44(52)39-37-35-33-31-29-27-25-23-20-18-16-14-12-10-8-6-4-2/h25,27,31,33,43,46-51,54-58H,3-24,26,28-30,32,34-42H2,1-2H3,(H,59,60)/b27-25+,33-31+/t43-,46?,47-,48?,49?,50?,51?/m1/s1. The van der Waals surface area contributed by atoms with Gasteiger partial charge in [-0.1, -0.05) is 205 Å². The molecule has 1 saturated carbocycles. The number of esters is 2. The van der Waals surface area contributed by atoms with Crippen LogP contribution in [0.2, 0.25) is 0 Å². The van der Waals surface area contributed by atoms with Gasteiger partial charge in [-0.2, -0.15) is 0 Å². The van der Waals surface area contributed by atoms with E-state index in [1.54, 1.807) is 0 Å². The summed E-state index contributed by atoms with van der Waals surface area (Å²) >= 11 is 0. The smallest absolute Gasteiger partial charge is 0.462 e. The van der Waals surface area contributed by atoms with Crippen LogP contribution in [0.15, 0.2) is 24.3 Å². The summed E-state index contributed by atoms with van der Waals surface area (Å²) < 4.78 is 33.6. The molecule has 0 aromatic carbocycles. The molecule has 65 heavy (non-hydrogen) atoms. The van der Waals surface area contributed by atoms with Gasteiger partial charge in [-0.05, 0) is 38.5 Å². The largest absolute Gasteiger partial charge is 0.472 e. The molecule has 6 unspecified atom stereocenters. The minimum Gasteiger partial charge on any atom is -0.462 e. The molecular weight excluding hydrogens is 852 g/mol. The van der Waals surface area contributed by atoms with Gasteiger partial charge >= 0.3 is 19.8 Å². The molecule has 382 valence electrons. The average molecular weight is 947 g/mol. The highest BCUT2D eigenvalue weighted by Gasteiger charge is 2.51. The van der Waals surface area contributed by atoms with Crippen molar-refractivity contribution in [3.05, 3.63) is 24.3 Å². The first-order valence-corrected chi connectivity index (χ1v) is 27.6. The van der Waals surface area contributed by atoms with Crippen molar-refractivity contribution >= 4 is 19.8 Å². The van der Waals surface area contributed by atoms with Crippen molar-refractivity contribution in [2.75, 3.05) is 13.2 Å². The first-order chi connectivity index (χ1) is 31.4. The summed E-state index contributed by atoms with van der Waals surface area (Å²) in [6, 6.07) is 0. The maximum Gasteiger partial charge on any atom is 0.472 e. The van der Waals surface area contributed by atoms with Crippen molar-refractivity contribution in [3.8, 4) is 0 Å². The highest BCUT2D eigenvalue weighted by Crippen LogP contribution is 2.47. The second kappa shape index (κ2) is 41.3. The summed E-state index contributed by atoms with van der Waals surface area (Å²) in [6.45, 7) is 3.30. The Bertz CT molecular complexity index is 1230. The molecule has 0 aromatic rings. The van der Waals surface area contributed by atoms with Gasteiger partial charge in [0.25, 0.3) is 0 Å². The number of aliphatic hydroxyl groups excluding tert-OH is 5. The van der Waals surface area contributed by atoms with E-state index in [2.05, 4.69) is 32.1 Å². The molecule has 1 fully saturated rings. The van der Waals surface area contributed by atoms with Gasteiger partial charge in [0.05, 0.1) is 6.61 Å². The summed E-state index contributed by atoms with van der Waals surface area (Å²) in [5, 5.41) is 50.3. The number of carbonyl (C=O) groups is 2. The second-order valence-electron chi connectivity index (χ2n) is 18.4. The predicted molar refractivity (Wildman–Crippen MR) is 258 cm³/mol. The summed E-state index contributed by atoms with van der Waals surface area (Å²) in [6.07, 6.45) is 33.8. The fourth-order valence-electron chi connectivity index (χ4n) is 8.09. The van der Waals surface area contributed by atoms with Gasteiger partial charge in [-0.3, -0.25) is 18.6 Å². The number of phosphoric ester groups is 1. The Morgan fingerprint density at radius 2 is 0.846 bits per heavy atom. The van der Waals surface area contributed by atoms with Gasteiger partial charge < -0.3 is 39.9 Å². The van der Waals surface area contributed by atoms with Crippen molar-refractivity contribution in [2.45, 2.75) is 275 Å². The molecule has 0 aromatic heterocycles. The van der Waals surface area contributed by atoms with E-state index in [0.717, 1.165) is 38.5 Å². The highest BCUT2D eigenvalue weighted by molar-refractivity contribution is 7.47. The molecule has 1 aliphatic rings. The zero-order valence-electron chi connectivity index (χ0n) is 40.8. The normalized spacial score (nSPS) is 21.5. The summed E-state index contributed by atoms with van der Waals surface area (Å²) in [4.78, 5) is 35.8. The third kappa shape index (κ3) is 33.5. The van der Waals surface area contributed by atoms with Crippen molar-refractivity contribution in [2.24, 2.45) is 0 Å². The first-order valence-electron chi connectivity index (χ1n) is 26.1. The molecule has 13 nitrogen and oxygen atoms in total. The van der Waals surface area contributed by atoms with Gasteiger partial charge in [0, 0.05) is 12.8 Å². The molecule has 0 heterocycles. The number of allylic oxidation sites excluding steroid dienone is 4. The van der Waals surface area contributed by atoms with Crippen molar-refractivity contribution in [1.29, 1.82) is 0 Å². The number of unbranched alkanes of at least 4 members (excludes halogenated alkanes) is 28. The Kier molecular flexibility index (Phi) is 39.0. The lowest BCUT2D eigenvalue weighted by Crippen LogP contribution is -2.64. The van der Waals surface area contributed by atoms with Crippen LogP contribution in [0.5, 0.6) is 0 Å². The number of phosphoric acid groups is 1. The lowest BCUT2D eigenvalue weighted by Gasteiger charge is -2.41. The Labute approximate surface area is 394 Å². The fourth-order valence-corrected chi connectivity index (χ4v) is 9.07. The van der Waals surface area contributed by atoms with Gasteiger partial charge in [-0.15, -0.1) is 0 Å². The van der Waals surface area contributed by atoms with Crippen LogP contribution in [0.3, 0.4) is 0 Å². The third-order valence-corrected chi connectivity index (χ3v) is 13.3. The quantitative estimate of drug-likeness (QED) is 0.0146. The molecule has 1 aliphatic carbocycles. The summed E-state index contributed by atoms with van der Waals surface area (Å²) in [5.41, 5.74) is 0. The number of ether oxygens (including phenoxy) is 2. The van der Waals surface area contributed by atoms with Gasteiger partial charge in [0.1, 0.15) is 43.2 Å². The van der Waals surface area contributed by atoms with E-state index >= 15 is 0 Å². The van der Waals surface area contributed by atoms with Crippen LogP contribution in [0.1, 0.15) is 232 Å². The summed E-state index contributed by atoms with van der Waals surface area (Å²) in [5.74, 6) is -1.14. The molecule has 8 atom stereocenters. The van der Waals surface area contributed by atoms with Crippen LogP contribution in [0.4, 0.5) is 0 Å². The predicted octanol–water partition coefficient (Wildman–Crippen LogP) is 11.2. The van der Waals surface area contributed by atoms with Crippen LogP contribution in [-0.4, -0.2) is 98.3 Å². The third-order valence-electron chi connectivity index (χ3n) is 12.3. The van der Waals surface area contributed by atoms with E-state index in [9.17, 15) is 44.6 Å². The van der Waals surface area contributed by atoms with Crippen LogP contribution >= 0.6 is 7.82 Å². The number of aliphatic hydroxyl groups is 5. The van der Waals surface area contributed by atoms with E-state index < -0.39 is 75.7 Å². The number of carbonyl (C=O) groups excluding carboxylic acids is 2. The lowest BCUT2D eigenvalue weighted by atomic mass is 9.85. The highest BCUT2D eigenvalue weighted by atomic mass is 31.2. The average Bonchev–Trinajstić information content (AvgIpc) is 3.29. The van der Waals surface area contributed by atoms with Crippen LogP contribution < -0.4 is 0 Å². The van der Waals surface area contributed by atoms with E-state index in [0.29, 0.717) is 19.3 Å². The molecule has 0 amide bonds. The van der Waals surface area contributed by atoms with Crippen molar-refractivity contribution in [3.63, 3.8) is 0 Å². The minimum atomic E-state index is -5.13. The molecule has 0 aliphatic heterocycles. The Morgan fingerprint density at radius 3 is 1.29 bits per heavy atom. The molecule has 1 rings (SSSR count). The molecule has 14 heteroatoms. The maximum atomic E-state index is 12.8. The number of hydrogen-bond donors (Lipinski definition) is 6. The van der Waals surface area contributed by atoms with Crippen LogP contribution in [0, 0.1) is 0 Å². The first kappa shape index (κ1) is 61.3. The maximum absolute atomic E-state index is 12.8. The van der Waals surface area contributed by atoms with E-state index in [1.165, 1.54) is 148 Å². The molecule has 6 N–H and O–H groups in total. The molecule has 0 saturated heterocycles. The molecular formula is C51H95O13P. The van der Waals surface area contributed by atoms with Gasteiger partial charge in [-0.25, -0.2) is 4.57 Å². The fraction of sp³-hybridized carbons (Fsp3) is 0.882. The monoisotopic (exact) mass is 947 g/mol. The van der Waals surface area contributed by atoms with Gasteiger partial charge in [0.15, 0.2) is 6.10 Å². The Morgan fingerprint density at radius 1 is 0.477 bits per heavy atom. The molecule has 0 radical (unpaired) electrons. The van der Waals surface area contributed by atoms with E-state index in [1.807, 2.05) is 6.08 Å². The SMILES string of the molecule is CCCCCCCCCCC/C=C/C/C=C/CCCC(=O)OC[C@H](COP(=O)(O)OC1C(O)C(O)C(O)[C@@H](O)C1O)OC(=O)CCCCCCCCCCCCCCCCCCCCC. The number of rotatable bonds is 44. The topological polar surface area (TPSA) is 210 Å². The second-order valence-corrected chi connectivity index (χ2v) is 19.8.